The SMILES string of the molecule is COc1cccc(CNC(CC(C)C)C(=O)O)c1OCc1ccc(C)cc1. The Bertz CT molecular complexity index is 740. The molecular weight excluding hydrogens is 342 g/mol. The highest BCUT2D eigenvalue weighted by Gasteiger charge is 2.19. The normalized spacial score (nSPS) is 12.0. The van der Waals surface area contributed by atoms with E-state index in [4.69, 9.17) is 9.47 Å². The van der Waals surface area contributed by atoms with Crippen LogP contribution in [-0.4, -0.2) is 24.2 Å². The molecule has 0 aliphatic rings. The summed E-state index contributed by atoms with van der Waals surface area (Å²) in [5, 5.41) is 12.6. The molecule has 0 bridgehead atoms. The highest BCUT2D eigenvalue weighted by Crippen LogP contribution is 2.32. The van der Waals surface area contributed by atoms with Crippen LogP contribution in [0, 0.1) is 12.8 Å². The van der Waals surface area contributed by atoms with E-state index in [1.165, 1.54) is 5.56 Å². The Kier molecular flexibility index (Phi) is 7.67. The number of hydrogen-bond donors (Lipinski definition) is 2. The van der Waals surface area contributed by atoms with E-state index in [9.17, 15) is 9.90 Å². The summed E-state index contributed by atoms with van der Waals surface area (Å²) in [6.07, 6.45) is 0.568. The van der Waals surface area contributed by atoms with Crippen molar-refractivity contribution < 1.29 is 19.4 Å². The number of para-hydroxylation sites is 1. The third-order valence-electron chi connectivity index (χ3n) is 4.33. The minimum Gasteiger partial charge on any atom is -0.493 e. The number of carboxylic acid groups (broad SMARTS) is 1. The van der Waals surface area contributed by atoms with E-state index >= 15 is 0 Å². The van der Waals surface area contributed by atoms with E-state index in [0.717, 1.165) is 11.1 Å². The van der Waals surface area contributed by atoms with E-state index in [1.54, 1.807) is 7.11 Å². The first kappa shape index (κ1) is 20.8. The molecule has 0 aromatic heterocycles. The summed E-state index contributed by atoms with van der Waals surface area (Å²) < 4.78 is 11.5. The molecule has 2 N–H and O–H groups in total. The third-order valence-corrected chi connectivity index (χ3v) is 4.33. The van der Waals surface area contributed by atoms with Crippen LogP contribution in [0.4, 0.5) is 0 Å². The maximum absolute atomic E-state index is 11.5. The van der Waals surface area contributed by atoms with Gasteiger partial charge < -0.3 is 19.9 Å². The molecule has 0 aliphatic heterocycles. The van der Waals surface area contributed by atoms with Crippen molar-refractivity contribution in [1.82, 2.24) is 5.32 Å². The first-order valence-electron chi connectivity index (χ1n) is 9.21. The van der Waals surface area contributed by atoms with Crippen molar-refractivity contribution in [2.75, 3.05) is 7.11 Å². The molecule has 1 atom stereocenters. The maximum Gasteiger partial charge on any atom is 0.320 e. The Labute approximate surface area is 161 Å². The number of carboxylic acids is 1. The van der Waals surface area contributed by atoms with Crippen molar-refractivity contribution in [1.29, 1.82) is 0 Å². The van der Waals surface area contributed by atoms with Gasteiger partial charge in [0.1, 0.15) is 12.6 Å². The van der Waals surface area contributed by atoms with Gasteiger partial charge in [0.2, 0.25) is 0 Å². The number of nitrogens with one attached hydrogen (secondary N) is 1. The van der Waals surface area contributed by atoms with Gasteiger partial charge in [0.05, 0.1) is 7.11 Å². The van der Waals surface area contributed by atoms with Crippen LogP contribution in [0.5, 0.6) is 11.5 Å². The van der Waals surface area contributed by atoms with Crippen LogP contribution in [0.15, 0.2) is 42.5 Å². The summed E-state index contributed by atoms with van der Waals surface area (Å²) in [5.74, 6) is 0.730. The average Bonchev–Trinajstić information content (AvgIpc) is 2.64. The van der Waals surface area contributed by atoms with Crippen molar-refractivity contribution in [3.05, 3.63) is 59.2 Å². The zero-order chi connectivity index (χ0) is 19.8. The molecule has 0 aliphatic carbocycles. The second-order valence-corrected chi connectivity index (χ2v) is 7.12. The van der Waals surface area contributed by atoms with Gasteiger partial charge in [-0.1, -0.05) is 55.8 Å². The van der Waals surface area contributed by atoms with Crippen molar-refractivity contribution in [2.45, 2.75) is 46.4 Å². The lowest BCUT2D eigenvalue weighted by Gasteiger charge is -2.19. The highest BCUT2D eigenvalue weighted by atomic mass is 16.5. The first-order valence-corrected chi connectivity index (χ1v) is 9.21. The smallest absolute Gasteiger partial charge is 0.320 e. The number of carbonyl (C=O) groups is 1. The van der Waals surface area contributed by atoms with E-state index in [1.807, 2.05) is 63.2 Å². The molecule has 0 saturated carbocycles. The topological polar surface area (TPSA) is 67.8 Å². The number of aryl methyl sites for hydroxylation is 1. The van der Waals surface area contributed by atoms with Gasteiger partial charge in [-0.3, -0.25) is 4.79 Å². The van der Waals surface area contributed by atoms with Gasteiger partial charge in [0.15, 0.2) is 11.5 Å². The second-order valence-electron chi connectivity index (χ2n) is 7.12. The van der Waals surface area contributed by atoms with Crippen LogP contribution in [0.3, 0.4) is 0 Å². The molecule has 0 spiro atoms. The Morgan fingerprint density at radius 3 is 2.44 bits per heavy atom. The number of benzene rings is 2. The number of aliphatic carboxylic acids is 1. The lowest BCUT2D eigenvalue weighted by molar-refractivity contribution is -0.140. The predicted molar refractivity (Wildman–Crippen MR) is 106 cm³/mol. The molecule has 1 unspecified atom stereocenters. The van der Waals surface area contributed by atoms with Crippen LogP contribution in [0.1, 0.15) is 37.0 Å². The van der Waals surface area contributed by atoms with Gasteiger partial charge in [-0.05, 0) is 30.9 Å². The zero-order valence-electron chi connectivity index (χ0n) is 16.5. The van der Waals surface area contributed by atoms with E-state index in [-0.39, 0.29) is 0 Å². The van der Waals surface area contributed by atoms with Crippen LogP contribution in [-0.2, 0) is 17.9 Å². The molecule has 0 amide bonds. The fourth-order valence-electron chi connectivity index (χ4n) is 2.84. The molecule has 2 rings (SSSR count). The van der Waals surface area contributed by atoms with Crippen LogP contribution in [0.25, 0.3) is 0 Å². The molecular formula is C22H29NO4. The summed E-state index contributed by atoms with van der Waals surface area (Å²) in [7, 11) is 1.60. The fourth-order valence-corrected chi connectivity index (χ4v) is 2.84. The van der Waals surface area contributed by atoms with Crippen LogP contribution in [0.2, 0.25) is 0 Å². The van der Waals surface area contributed by atoms with Crippen molar-refractivity contribution in [3.8, 4) is 11.5 Å². The molecule has 2 aromatic rings. The van der Waals surface area contributed by atoms with Gasteiger partial charge >= 0.3 is 5.97 Å². The molecule has 0 saturated heterocycles. The van der Waals surface area contributed by atoms with Gasteiger partial charge in [-0.25, -0.2) is 0 Å². The zero-order valence-corrected chi connectivity index (χ0v) is 16.5. The lowest BCUT2D eigenvalue weighted by atomic mass is 10.0. The van der Waals surface area contributed by atoms with Crippen molar-refractivity contribution in [2.24, 2.45) is 5.92 Å². The maximum atomic E-state index is 11.5. The van der Waals surface area contributed by atoms with E-state index in [2.05, 4.69) is 5.32 Å². The molecule has 146 valence electrons. The van der Waals surface area contributed by atoms with Gasteiger partial charge in [0.25, 0.3) is 0 Å². The van der Waals surface area contributed by atoms with Crippen molar-refractivity contribution >= 4 is 5.97 Å². The molecule has 27 heavy (non-hydrogen) atoms. The summed E-state index contributed by atoms with van der Waals surface area (Å²) in [6, 6.07) is 13.2. The number of methoxy groups -OCH3 is 1. The summed E-state index contributed by atoms with van der Waals surface area (Å²) in [4.78, 5) is 11.5. The summed E-state index contributed by atoms with van der Waals surface area (Å²) in [6.45, 7) is 6.88. The molecule has 0 fully saturated rings. The molecule has 0 heterocycles. The highest BCUT2D eigenvalue weighted by molar-refractivity contribution is 5.73. The average molecular weight is 371 g/mol. The lowest BCUT2D eigenvalue weighted by Crippen LogP contribution is -2.37. The Balaban J connectivity index is 2.13. The second kappa shape index (κ2) is 9.97. The minimum absolute atomic E-state index is 0.293. The number of rotatable bonds is 10. The Hall–Kier alpha value is -2.53. The van der Waals surface area contributed by atoms with Crippen LogP contribution >= 0.6 is 0 Å². The minimum atomic E-state index is -0.839. The van der Waals surface area contributed by atoms with Gasteiger partial charge in [-0.2, -0.15) is 0 Å². The van der Waals surface area contributed by atoms with Gasteiger partial charge in [0, 0.05) is 12.1 Å². The first-order chi connectivity index (χ1) is 12.9. The van der Waals surface area contributed by atoms with E-state index in [0.29, 0.717) is 37.0 Å². The fraction of sp³-hybridized carbons (Fsp3) is 0.409. The Morgan fingerprint density at radius 1 is 1.15 bits per heavy atom. The predicted octanol–water partition coefficient (Wildman–Crippen LogP) is 4.17. The van der Waals surface area contributed by atoms with E-state index < -0.39 is 12.0 Å². The number of ether oxygens (including phenoxy) is 2. The molecule has 0 radical (unpaired) electrons. The van der Waals surface area contributed by atoms with Crippen LogP contribution < -0.4 is 14.8 Å². The number of hydrogen-bond acceptors (Lipinski definition) is 4. The largest absolute Gasteiger partial charge is 0.493 e. The quantitative estimate of drug-likeness (QED) is 0.656. The molecule has 5 nitrogen and oxygen atoms in total. The van der Waals surface area contributed by atoms with Gasteiger partial charge in [-0.15, -0.1) is 0 Å². The monoisotopic (exact) mass is 371 g/mol. The summed E-state index contributed by atoms with van der Waals surface area (Å²) in [5.41, 5.74) is 3.14. The van der Waals surface area contributed by atoms with Crippen molar-refractivity contribution in [3.63, 3.8) is 0 Å². The molecule has 5 heteroatoms. The third kappa shape index (κ3) is 6.29. The standard InChI is InChI=1S/C22H29NO4/c1-15(2)12-19(22(24)25)23-13-18-6-5-7-20(26-4)21(18)27-14-17-10-8-16(3)9-11-17/h5-11,15,19,23H,12-14H2,1-4H3,(H,24,25). The summed E-state index contributed by atoms with van der Waals surface area (Å²) >= 11 is 0. The molecule has 2 aromatic carbocycles. The Morgan fingerprint density at radius 2 is 1.85 bits per heavy atom.